The topological polar surface area (TPSA) is 44.8 Å². The SMILES string of the molecule is C=C1C(OC=O)C[C@@H]2O[Si](C(C)(C)C)(C(C)(C)C)OC[C@@H]12. The Hall–Kier alpha value is -0.653. The van der Waals surface area contributed by atoms with E-state index in [-0.39, 0.29) is 28.2 Å². The number of fused-ring (bicyclic) bond motifs is 1. The highest BCUT2D eigenvalue weighted by atomic mass is 28.4. The van der Waals surface area contributed by atoms with E-state index in [1.54, 1.807) is 0 Å². The first-order valence-corrected chi connectivity index (χ1v) is 9.45. The molecule has 120 valence electrons. The third-order valence-electron chi connectivity index (χ3n) is 4.76. The number of hydrogen-bond donors (Lipinski definition) is 0. The Labute approximate surface area is 129 Å². The van der Waals surface area contributed by atoms with Gasteiger partial charge in [-0.15, -0.1) is 0 Å². The minimum Gasteiger partial charge on any atom is -0.460 e. The predicted molar refractivity (Wildman–Crippen MR) is 84.2 cm³/mol. The summed E-state index contributed by atoms with van der Waals surface area (Å²) in [7, 11) is -2.44. The molecule has 1 saturated carbocycles. The molecule has 0 aromatic heterocycles. The highest BCUT2D eigenvalue weighted by Crippen LogP contribution is 2.56. The second-order valence-electron chi connectivity index (χ2n) is 8.22. The van der Waals surface area contributed by atoms with Gasteiger partial charge in [0.25, 0.3) is 6.47 Å². The molecule has 21 heavy (non-hydrogen) atoms. The monoisotopic (exact) mass is 312 g/mol. The molecule has 0 bridgehead atoms. The van der Waals surface area contributed by atoms with E-state index in [1.807, 2.05) is 0 Å². The average Bonchev–Trinajstić information content (AvgIpc) is 2.63. The number of hydrogen-bond acceptors (Lipinski definition) is 4. The summed E-state index contributed by atoms with van der Waals surface area (Å²) in [5.41, 5.74) is 0.928. The zero-order valence-electron chi connectivity index (χ0n) is 14.1. The Balaban J connectivity index is 2.29. The molecule has 1 unspecified atom stereocenters. The van der Waals surface area contributed by atoms with E-state index in [9.17, 15) is 4.79 Å². The Bertz CT molecular complexity index is 419. The van der Waals surface area contributed by atoms with E-state index in [4.69, 9.17) is 13.6 Å². The molecule has 1 heterocycles. The zero-order chi connectivity index (χ0) is 16.1. The summed E-state index contributed by atoms with van der Waals surface area (Å²) in [5, 5.41) is -0.0533. The van der Waals surface area contributed by atoms with Crippen molar-refractivity contribution in [1.29, 1.82) is 0 Å². The van der Waals surface area contributed by atoms with Crippen molar-refractivity contribution in [2.75, 3.05) is 6.61 Å². The molecule has 5 heteroatoms. The summed E-state index contributed by atoms with van der Waals surface area (Å²) >= 11 is 0. The molecule has 3 atom stereocenters. The maximum Gasteiger partial charge on any atom is 0.349 e. The molecule has 0 aromatic rings. The molecule has 0 aromatic carbocycles. The minimum atomic E-state index is -2.44. The predicted octanol–water partition coefficient (Wildman–Crippen LogP) is 3.56. The summed E-state index contributed by atoms with van der Waals surface area (Å²) in [4.78, 5) is 10.6. The van der Waals surface area contributed by atoms with Crippen molar-refractivity contribution < 1.29 is 18.4 Å². The van der Waals surface area contributed by atoms with Gasteiger partial charge in [0.05, 0.1) is 6.10 Å². The van der Waals surface area contributed by atoms with E-state index in [0.717, 1.165) is 5.57 Å². The first-order chi connectivity index (χ1) is 9.53. The van der Waals surface area contributed by atoms with Gasteiger partial charge in [0, 0.05) is 29.0 Å². The van der Waals surface area contributed by atoms with Crippen LogP contribution in [0.1, 0.15) is 48.0 Å². The van der Waals surface area contributed by atoms with Crippen LogP contribution in [-0.4, -0.2) is 33.8 Å². The van der Waals surface area contributed by atoms with Crippen molar-refractivity contribution in [3.05, 3.63) is 12.2 Å². The van der Waals surface area contributed by atoms with Crippen LogP contribution in [0.5, 0.6) is 0 Å². The van der Waals surface area contributed by atoms with Crippen LogP contribution in [0.25, 0.3) is 0 Å². The van der Waals surface area contributed by atoms with Crippen LogP contribution in [-0.2, 0) is 18.4 Å². The van der Waals surface area contributed by atoms with Crippen LogP contribution < -0.4 is 0 Å². The molecule has 1 aliphatic heterocycles. The lowest BCUT2D eigenvalue weighted by molar-refractivity contribution is -0.132. The van der Waals surface area contributed by atoms with Gasteiger partial charge in [-0.05, 0) is 5.57 Å². The second kappa shape index (κ2) is 5.21. The Kier molecular flexibility index (Phi) is 4.15. The van der Waals surface area contributed by atoms with Crippen molar-refractivity contribution in [1.82, 2.24) is 0 Å². The molecule has 1 aliphatic carbocycles. The highest BCUT2D eigenvalue weighted by molar-refractivity contribution is 6.73. The van der Waals surface area contributed by atoms with Crippen molar-refractivity contribution >= 4 is 15.0 Å². The molecule has 0 N–H and O–H groups in total. The average molecular weight is 312 g/mol. The van der Waals surface area contributed by atoms with E-state index < -0.39 is 8.56 Å². The van der Waals surface area contributed by atoms with Crippen LogP contribution in [0.2, 0.25) is 10.1 Å². The van der Waals surface area contributed by atoms with Gasteiger partial charge >= 0.3 is 8.56 Å². The molecule has 4 nitrogen and oxygen atoms in total. The number of ether oxygens (including phenoxy) is 1. The van der Waals surface area contributed by atoms with Crippen LogP contribution in [0.3, 0.4) is 0 Å². The van der Waals surface area contributed by atoms with Crippen molar-refractivity contribution in [2.24, 2.45) is 5.92 Å². The highest BCUT2D eigenvalue weighted by Gasteiger charge is 2.63. The lowest BCUT2D eigenvalue weighted by Gasteiger charge is -2.53. The maximum absolute atomic E-state index is 10.6. The number of carbonyl (C=O) groups excluding carboxylic acids is 1. The molecular formula is C16H28O4Si. The van der Waals surface area contributed by atoms with Gasteiger partial charge in [-0.2, -0.15) is 0 Å². The Morgan fingerprint density at radius 3 is 2.29 bits per heavy atom. The zero-order valence-corrected chi connectivity index (χ0v) is 15.1. The fourth-order valence-electron chi connectivity index (χ4n) is 3.92. The quantitative estimate of drug-likeness (QED) is 0.444. The minimum absolute atomic E-state index is 0.0266. The van der Waals surface area contributed by atoms with Gasteiger partial charge in [-0.25, -0.2) is 0 Å². The second-order valence-corrected chi connectivity index (χ2v) is 13.0. The van der Waals surface area contributed by atoms with Crippen molar-refractivity contribution in [3.8, 4) is 0 Å². The summed E-state index contributed by atoms with van der Waals surface area (Å²) in [6.07, 6.45) is 0.527. The first-order valence-electron chi connectivity index (χ1n) is 7.63. The van der Waals surface area contributed by atoms with Gasteiger partial charge in [0.15, 0.2) is 0 Å². The molecule has 0 spiro atoms. The number of rotatable bonds is 2. The smallest absolute Gasteiger partial charge is 0.349 e. The third kappa shape index (κ3) is 2.60. The largest absolute Gasteiger partial charge is 0.460 e. The normalized spacial score (nSPS) is 32.7. The van der Waals surface area contributed by atoms with Gasteiger partial charge in [0.2, 0.25) is 0 Å². The van der Waals surface area contributed by atoms with Gasteiger partial charge < -0.3 is 13.6 Å². The lowest BCUT2D eigenvalue weighted by atomic mass is 10.0. The van der Waals surface area contributed by atoms with Crippen LogP contribution >= 0.6 is 0 Å². The van der Waals surface area contributed by atoms with E-state index >= 15 is 0 Å². The first kappa shape index (κ1) is 16.7. The van der Waals surface area contributed by atoms with Gasteiger partial charge in [-0.3, -0.25) is 4.79 Å². The Morgan fingerprint density at radius 1 is 1.24 bits per heavy atom. The molecule has 0 radical (unpaired) electrons. The van der Waals surface area contributed by atoms with Crippen LogP contribution in [0.15, 0.2) is 12.2 Å². The van der Waals surface area contributed by atoms with Crippen molar-refractivity contribution in [3.63, 3.8) is 0 Å². The molecule has 0 amide bonds. The summed E-state index contributed by atoms with van der Waals surface area (Å²) in [6, 6.07) is 0. The third-order valence-corrected chi connectivity index (χ3v) is 9.92. The summed E-state index contributed by atoms with van der Waals surface area (Å²) < 4.78 is 18.2. The van der Waals surface area contributed by atoms with Crippen molar-refractivity contribution in [2.45, 2.75) is 70.2 Å². The molecular weight excluding hydrogens is 284 g/mol. The maximum atomic E-state index is 10.6. The van der Waals surface area contributed by atoms with E-state index in [0.29, 0.717) is 19.5 Å². The van der Waals surface area contributed by atoms with Crippen LogP contribution in [0.4, 0.5) is 0 Å². The Morgan fingerprint density at radius 2 is 1.81 bits per heavy atom. The fourth-order valence-corrected chi connectivity index (χ4v) is 8.92. The lowest BCUT2D eigenvalue weighted by Crippen LogP contribution is -2.62. The van der Waals surface area contributed by atoms with E-state index in [2.05, 4.69) is 48.1 Å². The standard InChI is InChI=1S/C16H28O4Si/c1-11-12-9-19-21(15(2,3)4,16(5,6)7)20-14(12)8-13(11)18-10-17/h10,12-14H,1,8-9H2,2-7H3/t12-,13?,14-/m0/s1. The molecule has 2 rings (SSSR count). The summed E-state index contributed by atoms with van der Waals surface area (Å²) in [6.45, 7) is 18.4. The van der Waals surface area contributed by atoms with Gasteiger partial charge in [-0.1, -0.05) is 48.1 Å². The van der Waals surface area contributed by atoms with Crippen LogP contribution in [0, 0.1) is 5.92 Å². The van der Waals surface area contributed by atoms with Gasteiger partial charge in [0.1, 0.15) is 6.10 Å². The fraction of sp³-hybridized carbons (Fsp3) is 0.812. The molecule has 2 aliphatic rings. The summed E-state index contributed by atoms with van der Waals surface area (Å²) in [5.74, 6) is 0.139. The molecule has 2 fully saturated rings. The van der Waals surface area contributed by atoms with E-state index in [1.165, 1.54) is 0 Å². The number of carbonyl (C=O) groups is 1. The molecule has 1 saturated heterocycles.